The van der Waals surface area contributed by atoms with Gasteiger partial charge in [0.1, 0.15) is 11.5 Å². The van der Waals surface area contributed by atoms with Crippen molar-refractivity contribution in [1.29, 1.82) is 0 Å². The SMILES string of the molecule is CC[C@@H](CO)NCc1ccc(-c2cc(Cl)cc(Cl)c2)o1. The summed E-state index contributed by atoms with van der Waals surface area (Å²) in [6.45, 7) is 2.72. The van der Waals surface area contributed by atoms with Gasteiger partial charge in [-0.3, -0.25) is 0 Å². The first-order valence-corrected chi connectivity index (χ1v) is 7.27. The van der Waals surface area contributed by atoms with Crippen molar-refractivity contribution < 1.29 is 9.52 Å². The zero-order valence-corrected chi connectivity index (χ0v) is 12.7. The number of hydrogen-bond acceptors (Lipinski definition) is 3. The summed E-state index contributed by atoms with van der Waals surface area (Å²) < 4.78 is 5.76. The molecule has 0 aliphatic heterocycles. The van der Waals surface area contributed by atoms with Crippen molar-refractivity contribution in [3.8, 4) is 11.3 Å². The lowest BCUT2D eigenvalue weighted by atomic mass is 10.2. The largest absolute Gasteiger partial charge is 0.460 e. The maximum Gasteiger partial charge on any atom is 0.134 e. The fourth-order valence-electron chi connectivity index (χ4n) is 1.91. The third-order valence-corrected chi connectivity index (χ3v) is 3.52. The van der Waals surface area contributed by atoms with Crippen LogP contribution in [0.25, 0.3) is 11.3 Å². The normalized spacial score (nSPS) is 12.6. The van der Waals surface area contributed by atoms with Gasteiger partial charge in [-0.2, -0.15) is 0 Å². The van der Waals surface area contributed by atoms with E-state index in [0.717, 1.165) is 23.5 Å². The predicted octanol–water partition coefficient (Wildman–Crippen LogP) is 4.11. The van der Waals surface area contributed by atoms with Crippen LogP contribution in [-0.4, -0.2) is 17.8 Å². The smallest absolute Gasteiger partial charge is 0.134 e. The Bertz CT molecular complexity index is 545. The Morgan fingerprint density at radius 2 is 1.90 bits per heavy atom. The van der Waals surface area contributed by atoms with E-state index in [9.17, 15) is 0 Å². The molecule has 2 N–H and O–H groups in total. The van der Waals surface area contributed by atoms with E-state index < -0.39 is 0 Å². The Balaban J connectivity index is 2.08. The molecule has 0 fully saturated rings. The molecule has 0 saturated heterocycles. The first-order chi connectivity index (χ1) is 9.62. The lowest BCUT2D eigenvalue weighted by Crippen LogP contribution is -2.30. The van der Waals surface area contributed by atoms with E-state index in [1.165, 1.54) is 0 Å². The maximum atomic E-state index is 9.13. The van der Waals surface area contributed by atoms with E-state index in [1.807, 2.05) is 31.2 Å². The van der Waals surface area contributed by atoms with Crippen LogP contribution in [0.1, 0.15) is 19.1 Å². The second kappa shape index (κ2) is 7.14. The molecule has 0 aliphatic rings. The highest BCUT2D eigenvalue weighted by molar-refractivity contribution is 6.35. The molecule has 0 radical (unpaired) electrons. The summed E-state index contributed by atoms with van der Waals surface area (Å²) in [5.74, 6) is 1.53. The molecule has 0 amide bonds. The molecular weight excluding hydrogens is 297 g/mol. The second-order valence-electron chi connectivity index (χ2n) is 4.59. The number of benzene rings is 1. The number of hydrogen-bond donors (Lipinski definition) is 2. The van der Waals surface area contributed by atoms with Gasteiger partial charge < -0.3 is 14.8 Å². The molecule has 1 atom stereocenters. The van der Waals surface area contributed by atoms with Gasteiger partial charge in [0, 0.05) is 21.7 Å². The number of aliphatic hydroxyl groups is 1. The van der Waals surface area contributed by atoms with Crippen LogP contribution >= 0.6 is 23.2 Å². The minimum Gasteiger partial charge on any atom is -0.460 e. The number of furan rings is 1. The second-order valence-corrected chi connectivity index (χ2v) is 5.47. The van der Waals surface area contributed by atoms with Crippen LogP contribution in [0.2, 0.25) is 10.0 Å². The average molecular weight is 314 g/mol. The van der Waals surface area contributed by atoms with Crippen molar-refractivity contribution in [3.63, 3.8) is 0 Å². The van der Waals surface area contributed by atoms with E-state index >= 15 is 0 Å². The van der Waals surface area contributed by atoms with Gasteiger partial charge in [-0.15, -0.1) is 0 Å². The molecule has 1 aromatic heterocycles. The van der Waals surface area contributed by atoms with Crippen LogP contribution < -0.4 is 5.32 Å². The van der Waals surface area contributed by atoms with Crippen molar-refractivity contribution >= 4 is 23.2 Å². The van der Waals surface area contributed by atoms with Crippen LogP contribution in [0, 0.1) is 0 Å². The van der Waals surface area contributed by atoms with Crippen LogP contribution in [0.4, 0.5) is 0 Å². The first-order valence-electron chi connectivity index (χ1n) is 6.51. The fourth-order valence-corrected chi connectivity index (χ4v) is 2.43. The highest BCUT2D eigenvalue weighted by atomic mass is 35.5. The molecule has 108 valence electrons. The van der Waals surface area contributed by atoms with Crippen LogP contribution in [0.5, 0.6) is 0 Å². The van der Waals surface area contributed by atoms with E-state index in [0.29, 0.717) is 16.6 Å². The lowest BCUT2D eigenvalue weighted by molar-refractivity contribution is 0.235. The van der Waals surface area contributed by atoms with Gasteiger partial charge in [0.15, 0.2) is 0 Å². The highest BCUT2D eigenvalue weighted by Crippen LogP contribution is 2.28. The van der Waals surface area contributed by atoms with Crippen molar-refractivity contribution in [2.75, 3.05) is 6.61 Å². The molecule has 3 nitrogen and oxygen atoms in total. The molecule has 0 saturated carbocycles. The topological polar surface area (TPSA) is 45.4 Å². The Labute approximate surface area is 128 Å². The average Bonchev–Trinajstić information content (AvgIpc) is 2.88. The van der Waals surface area contributed by atoms with Crippen molar-refractivity contribution in [2.45, 2.75) is 25.9 Å². The molecule has 0 spiro atoms. The number of aliphatic hydroxyl groups excluding tert-OH is 1. The van der Waals surface area contributed by atoms with Crippen molar-refractivity contribution in [2.24, 2.45) is 0 Å². The summed E-state index contributed by atoms with van der Waals surface area (Å²) in [5.41, 5.74) is 0.850. The maximum absolute atomic E-state index is 9.13. The molecule has 2 rings (SSSR count). The standard InChI is InChI=1S/C15H17Cl2NO2/c1-2-13(9-19)18-8-14-3-4-15(20-14)10-5-11(16)7-12(17)6-10/h3-7,13,18-19H,2,8-9H2,1H3/t13-/m0/s1. The van der Waals surface area contributed by atoms with Crippen molar-refractivity contribution in [3.05, 3.63) is 46.1 Å². The van der Waals surface area contributed by atoms with Gasteiger partial charge in [-0.25, -0.2) is 0 Å². The Morgan fingerprint density at radius 1 is 1.20 bits per heavy atom. The van der Waals surface area contributed by atoms with Gasteiger partial charge in [-0.1, -0.05) is 30.1 Å². The molecule has 0 unspecified atom stereocenters. The number of halogens is 2. The van der Waals surface area contributed by atoms with Crippen molar-refractivity contribution in [1.82, 2.24) is 5.32 Å². The monoisotopic (exact) mass is 313 g/mol. The van der Waals surface area contributed by atoms with E-state index in [1.54, 1.807) is 6.07 Å². The van der Waals surface area contributed by atoms with Gasteiger partial charge in [-0.05, 0) is 36.8 Å². The third kappa shape index (κ3) is 4.00. The molecular formula is C15H17Cl2NO2. The summed E-state index contributed by atoms with van der Waals surface area (Å²) in [6.07, 6.45) is 0.869. The quantitative estimate of drug-likeness (QED) is 0.843. The van der Waals surface area contributed by atoms with E-state index in [2.05, 4.69) is 5.32 Å². The third-order valence-electron chi connectivity index (χ3n) is 3.09. The molecule has 2 aromatic rings. The highest BCUT2D eigenvalue weighted by Gasteiger charge is 2.09. The molecule has 1 heterocycles. The first kappa shape index (κ1) is 15.4. The number of rotatable bonds is 6. The Hall–Kier alpha value is -1.00. The summed E-state index contributed by atoms with van der Waals surface area (Å²) in [4.78, 5) is 0. The predicted molar refractivity (Wildman–Crippen MR) is 82.2 cm³/mol. The van der Waals surface area contributed by atoms with Crippen LogP contribution in [-0.2, 0) is 6.54 Å². The van der Waals surface area contributed by atoms with Gasteiger partial charge in [0.05, 0.1) is 13.2 Å². The van der Waals surface area contributed by atoms with E-state index in [-0.39, 0.29) is 12.6 Å². The minimum absolute atomic E-state index is 0.0872. The summed E-state index contributed by atoms with van der Waals surface area (Å²) in [6, 6.07) is 9.19. The van der Waals surface area contributed by atoms with Gasteiger partial charge in [0.2, 0.25) is 0 Å². The fraction of sp³-hybridized carbons (Fsp3) is 0.333. The van der Waals surface area contributed by atoms with Gasteiger partial charge >= 0.3 is 0 Å². The van der Waals surface area contributed by atoms with Crippen LogP contribution in [0.15, 0.2) is 34.7 Å². The lowest BCUT2D eigenvalue weighted by Gasteiger charge is -2.12. The molecule has 5 heteroatoms. The summed E-state index contributed by atoms with van der Waals surface area (Å²) in [7, 11) is 0. The summed E-state index contributed by atoms with van der Waals surface area (Å²) in [5, 5.41) is 13.5. The summed E-state index contributed by atoms with van der Waals surface area (Å²) >= 11 is 12.0. The van der Waals surface area contributed by atoms with Gasteiger partial charge in [0.25, 0.3) is 0 Å². The molecule has 1 aromatic carbocycles. The molecule has 0 bridgehead atoms. The minimum atomic E-state index is 0.0872. The van der Waals surface area contributed by atoms with Crippen LogP contribution in [0.3, 0.4) is 0 Å². The zero-order chi connectivity index (χ0) is 14.5. The Morgan fingerprint density at radius 3 is 2.50 bits per heavy atom. The zero-order valence-electron chi connectivity index (χ0n) is 11.2. The van der Waals surface area contributed by atoms with E-state index in [4.69, 9.17) is 32.7 Å². The molecule has 0 aliphatic carbocycles. The number of nitrogens with one attached hydrogen (secondary N) is 1. The molecule has 20 heavy (non-hydrogen) atoms. The Kier molecular flexibility index (Phi) is 5.49.